The predicted octanol–water partition coefficient (Wildman–Crippen LogP) is 2.71. The summed E-state index contributed by atoms with van der Waals surface area (Å²) in [5.41, 5.74) is 0. The van der Waals surface area contributed by atoms with Crippen molar-refractivity contribution in [3.63, 3.8) is 0 Å². The van der Waals surface area contributed by atoms with Gasteiger partial charge in [0.1, 0.15) is 10.7 Å². The van der Waals surface area contributed by atoms with Gasteiger partial charge in [-0.2, -0.15) is 0 Å². The second kappa shape index (κ2) is 6.58. The maximum absolute atomic E-state index is 10.9. The lowest BCUT2D eigenvalue weighted by Crippen LogP contribution is -2.47. The van der Waals surface area contributed by atoms with E-state index in [0.717, 1.165) is 31.9 Å². The molecule has 2 aliphatic rings. The number of nitrogens with one attached hydrogen (secondary N) is 1. The number of nitrogens with zero attached hydrogens (tertiary/aromatic N) is 2. The molecule has 1 saturated carbocycles. The van der Waals surface area contributed by atoms with Crippen LogP contribution in [0.25, 0.3) is 0 Å². The highest BCUT2D eigenvalue weighted by molar-refractivity contribution is 5.20. The van der Waals surface area contributed by atoms with E-state index in [1.165, 1.54) is 38.2 Å². The zero-order valence-corrected chi connectivity index (χ0v) is 12.3. The Kier molecular flexibility index (Phi) is 4.55. The van der Waals surface area contributed by atoms with E-state index in [1.807, 2.05) is 0 Å². The third-order valence-corrected chi connectivity index (χ3v) is 4.73. The molecule has 2 heterocycles. The van der Waals surface area contributed by atoms with Gasteiger partial charge in [-0.25, -0.2) is 0 Å². The topological polar surface area (TPSA) is 71.6 Å². The van der Waals surface area contributed by atoms with Gasteiger partial charge in [0.25, 0.3) is 0 Å². The molecule has 1 aliphatic heterocycles. The molecule has 6 heteroatoms. The van der Waals surface area contributed by atoms with Crippen LogP contribution in [0.4, 0.5) is 5.88 Å². The maximum Gasteiger partial charge on any atom is 0.433 e. The van der Waals surface area contributed by atoms with Gasteiger partial charge in [-0.15, -0.1) is 0 Å². The van der Waals surface area contributed by atoms with Crippen molar-refractivity contribution in [1.29, 1.82) is 0 Å². The van der Waals surface area contributed by atoms with E-state index in [9.17, 15) is 10.1 Å². The van der Waals surface area contributed by atoms with Crippen LogP contribution < -0.4 is 5.32 Å². The van der Waals surface area contributed by atoms with Gasteiger partial charge in [0.15, 0.2) is 0 Å². The van der Waals surface area contributed by atoms with Crippen LogP contribution in [-0.4, -0.2) is 36.0 Å². The monoisotopic (exact) mass is 293 g/mol. The van der Waals surface area contributed by atoms with Crippen molar-refractivity contribution >= 4 is 5.88 Å². The summed E-state index contributed by atoms with van der Waals surface area (Å²) < 4.78 is 5.55. The Bertz CT molecular complexity index is 458. The van der Waals surface area contributed by atoms with Crippen molar-refractivity contribution in [2.24, 2.45) is 5.92 Å². The molecule has 3 rings (SSSR count). The number of nitro groups is 1. The second-order valence-corrected chi connectivity index (χ2v) is 6.06. The van der Waals surface area contributed by atoms with Crippen molar-refractivity contribution in [3.8, 4) is 0 Å². The Labute approximate surface area is 124 Å². The SMILES string of the molecule is O=[N+]([O-])c1ccc([C@H](C2CCCCC2)N2CCNCC2)o1. The first-order valence-corrected chi connectivity index (χ1v) is 7.94. The molecule has 0 amide bonds. The average molecular weight is 293 g/mol. The minimum absolute atomic E-state index is 0.138. The molecule has 2 fully saturated rings. The molecular weight excluding hydrogens is 270 g/mol. The lowest BCUT2D eigenvalue weighted by atomic mass is 9.82. The number of rotatable bonds is 4. The zero-order chi connectivity index (χ0) is 14.7. The normalized spacial score (nSPS) is 23.0. The van der Waals surface area contributed by atoms with Crippen LogP contribution in [0.3, 0.4) is 0 Å². The summed E-state index contributed by atoms with van der Waals surface area (Å²) in [7, 11) is 0. The van der Waals surface area contributed by atoms with E-state index in [-0.39, 0.29) is 11.9 Å². The minimum atomic E-state index is -0.445. The first-order valence-electron chi connectivity index (χ1n) is 7.94. The van der Waals surface area contributed by atoms with Crippen molar-refractivity contribution in [1.82, 2.24) is 10.2 Å². The third-order valence-electron chi connectivity index (χ3n) is 4.73. The molecule has 0 bridgehead atoms. The second-order valence-electron chi connectivity index (χ2n) is 6.06. The van der Waals surface area contributed by atoms with Gasteiger partial charge < -0.3 is 9.73 Å². The smallest absolute Gasteiger partial charge is 0.404 e. The average Bonchev–Trinajstić information content (AvgIpc) is 3.00. The molecule has 0 radical (unpaired) electrons. The summed E-state index contributed by atoms with van der Waals surface area (Å²) in [6.45, 7) is 3.92. The largest absolute Gasteiger partial charge is 0.433 e. The highest BCUT2D eigenvalue weighted by Crippen LogP contribution is 2.39. The first-order chi connectivity index (χ1) is 10.3. The molecule has 1 atom stereocenters. The first kappa shape index (κ1) is 14.5. The molecule has 1 saturated heterocycles. The van der Waals surface area contributed by atoms with Crippen LogP contribution >= 0.6 is 0 Å². The molecule has 1 aliphatic carbocycles. The molecule has 116 valence electrons. The molecule has 0 spiro atoms. The highest BCUT2D eigenvalue weighted by Gasteiger charge is 2.34. The van der Waals surface area contributed by atoms with E-state index in [4.69, 9.17) is 4.42 Å². The Hall–Kier alpha value is -1.40. The van der Waals surface area contributed by atoms with Crippen LogP contribution in [0.15, 0.2) is 16.5 Å². The van der Waals surface area contributed by atoms with Crippen LogP contribution in [0.1, 0.15) is 43.9 Å². The molecule has 0 unspecified atom stereocenters. The Balaban J connectivity index is 1.84. The van der Waals surface area contributed by atoms with Crippen LogP contribution in [0, 0.1) is 16.0 Å². The summed E-state index contributed by atoms with van der Waals surface area (Å²) >= 11 is 0. The molecule has 1 aromatic rings. The summed E-state index contributed by atoms with van der Waals surface area (Å²) in [5, 5.41) is 14.2. The Morgan fingerprint density at radius 1 is 1.24 bits per heavy atom. The van der Waals surface area contributed by atoms with E-state index in [2.05, 4.69) is 10.2 Å². The van der Waals surface area contributed by atoms with Crippen molar-refractivity contribution in [2.75, 3.05) is 26.2 Å². The molecule has 21 heavy (non-hydrogen) atoms. The van der Waals surface area contributed by atoms with Crippen molar-refractivity contribution < 1.29 is 9.34 Å². The Morgan fingerprint density at radius 3 is 2.57 bits per heavy atom. The van der Waals surface area contributed by atoms with Crippen LogP contribution in [0.2, 0.25) is 0 Å². The summed E-state index contributed by atoms with van der Waals surface area (Å²) in [6, 6.07) is 3.49. The molecule has 6 nitrogen and oxygen atoms in total. The van der Waals surface area contributed by atoms with Crippen molar-refractivity contribution in [3.05, 3.63) is 28.0 Å². The fourth-order valence-corrected chi connectivity index (χ4v) is 3.72. The maximum atomic E-state index is 10.9. The Morgan fingerprint density at radius 2 is 1.95 bits per heavy atom. The highest BCUT2D eigenvalue weighted by atomic mass is 16.6. The number of furan rings is 1. The summed E-state index contributed by atoms with van der Waals surface area (Å²) in [5.74, 6) is 1.19. The zero-order valence-electron chi connectivity index (χ0n) is 12.3. The number of hydrogen-bond donors (Lipinski definition) is 1. The van der Waals surface area contributed by atoms with Crippen LogP contribution in [0.5, 0.6) is 0 Å². The lowest BCUT2D eigenvalue weighted by Gasteiger charge is -2.39. The number of piperazine rings is 1. The third kappa shape index (κ3) is 3.27. The molecule has 0 aromatic carbocycles. The van der Waals surface area contributed by atoms with Gasteiger partial charge >= 0.3 is 5.88 Å². The fraction of sp³-hybridized carbons (Fsp3) is 0.733. The quantitative estimate of drug-likeness (QED) is 0.682. The lowest BCUT2D eigenvalue weighted by molar-refractivity contribution is -0.402. The van der Waals surface area contributed by atoms with Gasteiger partial charge in [0, 0.05) is 26.2 Å². The fourth-order valence-electron chi connectivity index (χ4n) is 3.72. The molecule has 1 N–H and O–H groups in total. The van der Waals surface area contributed by atoms with Gasteiger partial charge in [-0.05, 0) is 24.8 Å². The molecule has 1 aromatic heterocycles. The number of hydrogen-bond acceptors (Lipinski definition) is 5. The predicted molar refractivity (Wildman–Crippen MR) is 79.1 cm³/mol. The van der Waals surface area contributed by atoms with E-state index >= 15 is 0 Å². The minimum Gasteiger partial charge on any atom is -0.404 e. The molecular formula is C15H23N3O3. The van der Waals surface area contributed by atoms with Crippen molar-refractivity contribution in [2.45, 2.75) is 38.1 Å². The van der Waals surface area contributed by atoms with E-state index < -0.39 is 4.92 Å². The van der Waals surface area contributed by atoms with Gasteiger partial charge in [0.2, 0.25) is 0 Å². The summed E-state index contributed by atoms with van der Waals surface area (Å²) in [4.78, 5) is 12.9. The van der Waals surface area contributed by atoms with Gasteiger partial charge in [-0.1, -0.05) is 19.3 Å². The van der Waals surface area contributed by atoms with Gasteiger partial charge in [0.05, 0.1) is 12.1 Å². The van der Waals surface area contributed by atoms with Crippen LogP contribution in [-0.2, 0) is 0 Å². The van der Waals surface area contributed by atoms with Gasteiger partial charge in [-0.3, -0.25) is 15.0 Å². The van der Waals surface area contributed by atoms with E-state index in [0.29, 0.717) is 5.92 Å². The summed E-state index contributed by atoms with van der Waals surface area (Å²) in [6.07, 6.45) is 6.22. The van der Waals surface area contributed by atoms with E-state index in [1.54, 1.807) is 6.07 Å². The standard InChI is InChI=1S/C15H23N3O3/c19-18(20)14-7-6-13(21-14)15(12-4-2-1-3-5-12)17-10-8-16-9-11-17/h6-7,12,15-16H,1-5,8-11H2/t15-/m0/s1.